The van der Waals surface area contributed by atoms with Crippen molar-refractivity contribution in [3.63, 3.8) is 0 Å². The number of hydrogen-bond acceptors (Lipinski definition) is 2. The number of benzene rings is 1. The van der Waals surface area contributed by atoms with E-state index in [4.69, 9.17) is 5.11 Å². The third-order valence-corrected chi connectivity index (χ3v) is 3.15. The highest BCUT2D eigenvalue weighted by Crippen LogP contribution is 2.32. The number of rotatable bonds is 2. The van der Waals surface area contributed by atoms with Gasteiger partial charge in [0.15, 0.2) is 0 Å². The highest BCUT2D eigenvalue weighted by atomic mass is 19.4. The van der Waals surface area contributed by atoms with Gasteiger partial charge < -0.3 is 10.4 Å². The molecule has 2 N–H and O–H groups in total. The van der Waals surface area contributed by atoms with E-state index in [0.717, 1.165) is 12.1 Å². The summed E-state index contributed by atoms with van der Waals surface area (Å²) in [6, 6.07) is 3.98. The minimum absolute atomic E-state index is 0.273. The van der Waals surface area contributed by atoms with Crippen LogP contribution in [0.1, 0.15) is 23.5 Å². The predicted octanol–water partition coefficient (Wildman–Crippen LogP) is 2.24. The topological polar surface area (TPSA) is 49.3 Å². The quantitative estimate of drug-likeness (QED) is 0.856. The molecule has 1 heterocycles. The van der Waals surface area contributed by atoms with Crippen molar-refractivity contribution in [3.8, 4) is 0 Å². The Morgan fingerprint density at radius 1 is 1.28 bits per heavy atom. The van der Waals surface area contributed by atoms with Gasteiger partial charge in [-0.25, -0.2) is 0 Å². The Kier molecular flexibility index (Phi) is 3.30. The molecule has 0 aromatic heterocycles. The van der Waals surface area contributed by atoms with E-state index in [9.17, 15) is 18.0 Å². The fourth-order valence-electron chi connectivity index (χ4n) is 2.24. The Bertz CT molecular complexity index is 442. The van der Waals surface area contributed by atoms with Crippen LogP contribution in [0, 0.1) is 0 Å². The molecular formula is C12H12F3NO2. The molecule has 98 valence electrons. The zero-order valence-electron chi connectivity index (χ0n) is 9.37. The van der Waals surface area contributed by atoms with Crippen LogP contribution in [0.2, 0.25) is 0 Å². The second-order valence-corrected chi connectivity index (χ2v) is 4.28. The second kappa shape index (κ2) is 4.61. The first kappa shape index (κ1) is 12.9. The number of halogens is 3. The molecule has 0 saturated carbocycles. The van der Waals surface area contributed by atoms with Crippen LogP contribution < -0.4 is 5.32 Å². The SMILES string of the molecule is O=C(O)C1NCCC1c1ccc(C(F)(F)F)cc1. The molecular weight excluding hydrogens is 247 g/mol. The molecule has 0 radical (unpaired) electrons. The molecule has 2 unspecified atom stereocenters. The number of aliphatic carboxylic acids is 1. The highest BCUT2D eigenvalue weighted by molar-refractivity contribution is 5.75. The van der Waals surface area contributed by atoms with Crippen LogP contribution in [0.15, 0.2) is 24.3 Å². The Morgan fingerprint density at radius 3 is 2.39 bits per heavy atom. The van der Waals surface area contributed by atoms with E-state index in [-0.39, 0.29) is 5.92 Å². The number of carboxylic acid groups (broad SMARTS) is 1. The van der Waals surface area contributed by atoms with Crippen molar-refractivity contribution in [1.82, 2.24) is 5.32 Å². The molecule has 1 aromatic rings. The molecule has 0 aliphatic carbocycles. The average molecular weight is 259 g/mol. The van der Waals surface area contributed by atoms with E-state index in [0.29, 0.717) is 18.5 Å². The summed E-state index contributed by atoms with van der Waals surface area (Å²) in [6.07, 6.45) is -3.75. The van der Waals surface area contributed by atoms with Gasteiger partial charge in [-0.3, -0.25) is 4.79 Å². The summed E-state index contributed by atoms with van der Waals surface area (Å²) in [5.41, 5.74) is -0.0931. The van der Waals surface area contributed by atoms with Crippen LogP contribution in [0.3, 0.4) is 0 Å². The zero-order chi connectivity index (χ0) is 13.3. The van der Waals surface area contributed by atoms with Crippen LogP contribution in [0.25, 0.3) is 0 Å². The van der Waals surface area contributed by atoms with Gasteiger partial charge in [-0.1, -0.05) is 12.1 Å². The molecule has 0 amide bonds. The zero-order valence-corrected chi connectivity index (χ0v) is 9.37. The summed E-state index contributed by atoms with van der Waals surface area (Å²) < 4.78 is 37.2. The number of carbonyl (C=O) groups is 1. The molecule has 0 bridgehead atoms. The normalized spacial score (nSPS) is 24.2. The first-order valence-electron chi connectivity index (χ1n) is 5.53. The van der Waals surface area contributed by atoms with Gasteiger partial charge in [-0.2, -0.15) is 13.2 Å². The van der Waals surface area contributed by atoms with Crippen molar-refractivity contribution in [2.75, 3.05) is 6.54 Å². The summed E-state index contributed by atoms with van der Waals surface area (Å²) in [5, 5.41) is 11.8. The number of nitrogens with one attached hydrogen (secondary N) is 1. The fourth-order valence-corrected chi connectivity index (χ4v) is 2.24. The third kappa shape index (κ3) is 2.48. The van der Waals surface area contributed by atoms with Gasteiger partial charge in [0, 0.05) is 5.92 Å². The van der Waals surface area contributed by atoms with Gasteiger partial charge in [-0.05, 0) is 30.7 Å². The molecule has 0 spiro atoms. The van der Waals surface area contributed by atoms with Crippen molar-refractivity contribution >= 4 is 5.97 Å². The summed E-state index contributed by atoms with van der Waals surface area (Å²) in [4.78, 5) is 11.0. The Labute approximate surface area is 102 Å². The molecule has 2 rings (SSSR count). The van der Waals surface area contributed by atoms with E-state index in [1.54, 1.807) is 0 Å². The van der Waals surface area contributed by atoms with Gasteiger partial charge >= 0.3 is 12.1 Å². The van der Waals surface area contributed by atoms with Gasteiger partial charge in [-0.15, -0.1) is 0 Å². The molecule has 3 nitrogen and oxygen atoms in total. The van der Waals surface area contributed by atoms with Gasteiger partial charge in [0.1, 0.15) is 6.04 Å². The van der Waals surface area contributed by atoms with Crippen molar-refractivity contribution in [1.29, 1.82) is 0 Å². The molecule has 1 fully saturated rings. The lowest BCUT2D eigenvalue weighted by Crippen LogP contribution is -2.34. The molecule has 18 heavy (non-hydrogen) atoms. The number of carboxylic acids is 1. The van der Waals surface area contributed by atoms with Crippen molar-refractivity contribution < 1.29 is 23.1 Å². The lowest BCUT2D eigenvalue weighted by molar-refractivity contribution is -0.139. The maximum atomic E-state index is 12.4. The minimum atomic E-state index is -4.36. The lowest BCUT2D eigenvalue weighted by Gasteiger charge is -2.16. The van der Waals surface area contributed by atoms with Gasteiger partial charge in [0.25, 0.3) is 0 Å². The summed E-state index contributed by atoms with van der Waals surface area (Å²) in [5.74, 6) is -1.25. The molecule has 1 aromatic carbocycles. The summed E-state index contributed by atoms with van der Waals surface area (Å²) in [6.45, 7) is 0.558. The minimum Gasteiger partial charge on any atom is -0.480 e. The maximum absolute atomic E-state index is 12.4. The van der Waals surface area contributed by atoms with Gasteiger partial charge in [0.05, 0.1) is 5.56 Å². The van der Waals surface area contributed by atoms with E-state index >= 15 is 0 Å². The molecule has 2 atom stereocenters. The van der Waals surface area contributed by atoms with E-state index in [1.807, 2.05) is 0 Å². The smallest absolute Gasteiger partial charge is 0.416 e. The average Bonchev–Trinajstić information content (AvgIpc) is 2.77. The molecule has 1 saturated heterocycles. The molecule has 1 aliphatic heterocycles. The molecule has 6 heteroatoms. The Morgan fingerprint density at radius 2 is 1.89 bits per heavy atom. The van der Waals surface area contributed by atoms with Crippen LogP contribution in [0.4, 0.5) is 13.2 Å². The van der Waals surface area contributed by atoms with E-state index in [2.05, 4.69) is 5.32 Å². The predicted molar refractivity (Wildman–Crippen MR) is 58.2 cm³/mol. The number of hydrogen-bond donors (Lipinski definition) is 2. The largest absolute Gasteiger partial charge is 0.480 e. The fraction of sp³-hybridized carbons (Fsp3) is 0.417. The number of alkyl halides is 3. The maximum Gasteiger partial charge on any atom is 0.416 e. The lowest BCUT2D eigenvalue weighted by atomic mass is 9.91. The third-order valence-electron chi connectivity index (χ3n) is 3.15. The van der Waals surface area contributed by atoms with Crippen LogP contribution in [-0.4, -0.2) is 23.7 Å². The van der Waals surface area contributed by atoms with Crippen molar-refractivity contribution in [2.45, 2.75) is 24.6 Å². The van der Waals surface area contributed by atoms with Crippen LogP contribution in [0.5, 0.6) is 0 Å². The summed E-state index contributed by atoms with van der Waals surface area (Å²) >= 11 is 0. The van der Waals surface area contributed by atoms with Crippen LogP contribution >= 0.6 is 0 Å². The Balaban J connectivity index is 2.22. The van der Waals surface area contributed by atoms with E-state index in [1.165, 1.54) is 12.1 Å². The first-order valence-corrected chi connectivity index (χ1v) is 5.53. The van der Waals surface area contributed by atoms with E-state index < -0.39 is 23.8 Å². The second-order valence-electron chi connectivity index (χ2n) is 4.28. The van der Waals surface area contributed by atoms with Crippen LogP contribution in [-0.2, 0) is 11.0 Å². The van der Waals surface area contributed by atoms with Gasteiger partial charge in [0.2, 0.25) is 0 Å². The monoisotopic (exact) mass is 259 g/mol. The van der Waals surface area contributed by atoms with Crippen molar-refractivity contribution in [3.05, 3.63) is 35.4 Å². The Hall–Kier alpha value is -1.56. The molecule has 1 aliphatic rings. The summed E-state index contributed by atoms with van der Waals surface area (Å²) in [7, 11) is 0. The van der Waals surface area contributed by atoms with Crippen molar-refractivity contribution in [2.24, 2.45) is 0 Å². The first-order chi connectivity index (χ1) is 8.39. The standard InChI is InChI=1S/C12H12F3NO2/c13-12(14,15)8-3-1-7(2-4-8)9-5-6-16-10(9)11(17)18/h1-4,9-10,16H,5-6H2,(H,17,18). The highest BCUT2D eigenvalue weighted by Gasteiger charge is 2.35.